The van der Waals surface area contributed by atoms with Gasteiger partial charge in [-0.05, 0) is 37.1 Å². The van der Waals surface area contributed by atoms with Crippen molar-refractivity contribution in [3.8, 4) is 11.4 Å². The van der Waals surface area contributed by atoms with Gasteiger partial charge in [-0.2, -0.15) is 4.80 Å². The fourth-order valence-electron chi connectivity index (χ4n) is 2.74. The van der Waals surface area contributed by atoms with Gasteiger partial charge in [-0.25, -0.2) is 0 Å². The smallest absolute Gasteiger partial charge is 0.246 e. The lowest BCUT2D eigenvalue weighted by Crippen LogP contribution is -2.30. The van der Waals surface area contributed by atoms with Crippen LogP contribution < -0.4 is 0 Å². The van der Waals surface area contributed by atoms with E-state index in [4.69, 9.17) is 0 Å². The molecule has 0 aliphatic heterocycles. The molecule has 0 N–H and O–H groups in total. The van der Waals surface area contributed by atoms with Gasteiger partial charge in [-0.1, -0.05) is 53.6 Å². The Morgan fingerprint density at radius 3 is 2.42 bits per heavy atom. The van der Waals surface area contributed by atoms with E-state index in [9.17, 15) is 4.79 Å². The molecule has 6 nitrogen and oxygen atoms in total. The molecular formula is C20H23N5O. The van der Waals surface area contributed by atoms with E-state index in [1.54, 1.807) is 11.9 Å². The predicted octanol–water partition coefficient (Wildman–Crippen LogP) is 2.92. The molecule has 134 valence electrons. The second-order valence-electron chi connectivity index (χ2n) is 6.69. The van der Waals surface area contributed by atoms with Gasteiger partial charge in [0.1, 0.15) is 6.54 Å². The van der Waals surface area contributed by atoms with Crippen molar-refractivity contribution in [1.82, 2.24) is 25.1 Å². The highest BCUT2D eigenvalue weighted by Crippen LogP contribution is 2.15. The lowest BCUT2D eigenvalue weighted by Gasteiger charge is -2.18. The Morgan fingerprint density at radius 1 is 1.04 bits per heavy atom. The maximum Gasteiger partial charge on any atom is 0.246 e. The molecule has 0 spiro atoms. The van der Waals surface area contributed by atoms with E-state index < -0.39 is 0 Å². The first-order valence-corrected chi connectivity index (χ1v) is 8.57. The molecule has 26 heavy (non-hydrogen) atoms. The zero-order valence-electron chi connectivity index (χ0n) is 15.6. The summed E-state index contributed by atoms with van der Waals surface area (Å²) in [5, 5.41) is 12.4. The number of aromatic nitrogens is 4. The molecule has 0 atom stereocenters. The Hall–Kier alpha value is -3.02. The Labute approximate surface area is 153 Å². The zero-order chi connectivity index (χ0) is 18.7. The number of amides is 1. The van der Waals surface area contributed by atoms with E-state index in [2.05, 4.69) is 47.5 Å². The predicted molar refractivity (Wildman–Crippen MR) is 100 cm³/mol. The average molecular weight is 349 g/mol. The van der Waals surface area contributed by atoms with Gasteiger partial charge in [0, 0.05) is 19.2 Å². The minimum absolute atomic E-state index is 0.0576. The molecule has 0 unspecified atom stereocenters. The summed E-state index contributed by atoms with van der Waals surface area (Å²) in [6.07, 6.45) is 0. The molecule has 0 saturated carbocycles. The molecule has 3 aromatic rings. The van der Waals surface area contributed by atoms with Crippen molar-refractivity contribution >= 4 is 5.91 Å². The number of carbonyl (C=O) groups excluding carboxylic acids is 1. The molecule has 1 amide bonds. The SMILES string of the molecule is Cc1ccc(-c2nnn(CC(=O)N(C)Cc3ccc(C)cc3C)n2)cc1. The van der Waals surface area contributed by atoms with Crippen LogP contribution in [0.2, 0.25) is 0 Å². The van der Waals surface area contributed by atoms with Gasteiger partial charge in [0.25, 0.3) is 0 Å². The van der Waals surface area contributed by atoms with Crippen molar-refractivity contribution in [1.29, 1.82) is 0 Å². The third kappa shape index (κ3) is 4.14. The number of tetrazole rings is 1. The van der Waals surface area contributed by atoms with E-state index in [0.29, 0.717) is 12.4 Å². The van der Waals surface area contributed by atoms with Crippen LogP contribution in [0, 0.1) is 20.8 Å². The van der Waals surface area contributed by atoms with Crippen molar-refractivity contribution in [2.24, 2.45) is 0 Å². The van der Waals surface area contributed by atoms with Crippen LogP contribution in [0.5, 0.6) is 0 Å². The van der Waals surface area contributed by atoms with Crippen LogP contribution in [0.15, 0.2) is 42.5 Å². The highest BCUT2D eigenvalue weighted by Gasteiger charge is 2.14. The number of benzene rings is 2. The first-order chi connectivity index (χ1) is 12.4. The van der Waals surface area contributed by atoms with Crippen molar-refractivity contribution in [2.45, 2.75) is 33.9 Å². The topological polar surface area (TPSA) is 63.9 Å². The van der Waals surface area contributed by atoms with Gasteiger partial charge in [0.15, 0.2) is 0 Å². The molecule has 3 rings (SSSR count). The fourth-order valence-corrected chi connectivity index (χ4v) is 2.74. The summed E-state index contributed by atoms with van der Waals surface area (Å²) >= 11 is 0. The molecule has 2 aromatic carbocycles. The Morgan fingerprint density at radius 2 is 1.73 bits per heavy atom. The quantitative estimate of drug-likeness (QED) is 0.710. The van der Waals surface area contributed by atoms with Crippen LogP contribution in [0.25, 0.3) is 11.4 Å². The van der Waals surface area contributed by atoms with E-state index in [0.717, 1.165) is 11.1 Å². The van der Waals surface area contributed by atoms with Gasteiger partial charge >= 0.3 is 0 Å². The Bertz CT molecular complexity index is 914. The number of hydrogen-bond donors (Lipinski definition) is 0. The number of aryl methyl sites for hydroxylation is 3. The minimum Gasteiger partial charge on any atom is -0.340 e. The maximum atomic E-state index is 12.5. The molecule has 0 bridgehead atoms. The first kappa shape index (κ1) is 17.8. The minimum atomic E-state index is -0.0576. The highest BCUT2D eigenvalue weighted by atomic mass is 16.2. The number of likely N-dealkylation sites (N-methyl/N-ethyl adjacent to an activating group) is 1. The van der Waals surface area contributed by atoms with Crippen LogP contribution >= 0.6 is 0 Å². The monoisotopic (exact) mass is 349 g/mol. The van der Waals surface area contributed by atoms with Crippen molar-refractivity contribution in [2.75, 3.05) is 7.05 Å². The molecule has 0 fully saturated rings. The average Bonchev–Trinajstić information content (AvgIpc) is 3.06. The second kappa shape index (κ2) is 7.47. The molecule has 0 aliphatic carbocycles. The molecular weight excluding hydrogens is 326 g/mol. The third-order valence-electron chi connectivity index (χ3n) is 4.37. The summed E-state index contributed by atoms with van der Waals surface area (Å²) in [6, 6.07) is 14.2. The van der Waals surface area contributed by atoms with Crippen molar-refractivity contribution in [3.63, 3.8) is 0 Å². The normalized spacial score (nSPS) is 10.8. The molecule has 1 aromatic heterocycles. The summed E-state index contributed by atoms with van der Waals surface area (Å²) in [7, 11) is 1.79. The third-order valence-corrected chi connectivity index (χ3v) is 4.37. The largest absolute Gasteiger partial charge is 0.340 e. The van der Waals surface area contributed by atoms with Crippen LogP contribution in [0.3, 0.4) is 0 Å². The first-order valence-electron chi connectivity index (χ1n) is 8.57. The summed E-state index contributed by atoms with van der Waals surface area (Å²) in [5.41, 5.74) is 5.60. The molecule has 6 heteroatoms. The van der Waals surface area contributed by atoms with Crippen LogP contribution in [0.4, 0.5) is 0 Å². The number of rotatable bonds is 5. The van der Waals surface area contributed by atoms with E-state index in [1.807, 2.05) is 31.2 Å². The Balaban J connectivity index is 1.65. The summed E-state index contributed by atoms with van der Waals surface area (Å²) in [6.45, 7) is 6.78. The van der Waals surface area contributed by atoms with Gasteiger partial charge < -0.3 is 4.90 Å². The zero-order valence-corrected chi connectivity index (χ0v) is 15.6. The van der Waals surface area contributed by atoms with E-state index in [1.165, 1.54) is 21.5 Å². The molecule has 0 saturated heterocycles. The van der Waals surface area contributed by atoms with Crippen LogP contribution in [0.1, 0.15) is 22.3 Å². The standard InChI is InChI=1S/C20H23N5O/c1-14-5-8-17(9-6-14)20-21-23-25(22-20)13-19(26)24(4)12-18-10-7-15(2)11-16(18)3/h5-11H,12-13H2,1-4H3. The summed E-state index contributed by atoms with van der Waals surface area (Å²) in [5.74, 6) is 0.465. The lowest BCUT2D eigenvalue weighted by molar-refractivity contribution is -0.131. The van der Waals surface area contributed by atoms with Gasteiger partial charge in [-0.15, -0.1) is 10.2 Å². The Kier molecular flexibility index (Phi) is 5.11. The van der Waals surface area contributed by atoms with Crippen molar-refractivity contribution in [3.05, 3.63) is 64.7 Å². The van der Waals surface area contributed by atoms with Gasteiger partial charge in [0.05, 0.1) is 0 Å². The molecule has 0 aliphatic rings. The summed E-state index contributed by atoms with van der Waals surface area (Å²) in [4.78, 5) is 15.5. The number of nitrogens with zero attached hydrogens (tertiary/aromatic N) is 5. The maximum absolute atomic E-state index is 12.5. The van der Waals surface area contributed by atoms with Crippen LogP contribution in [-0.2, 0) is 17.9 Å². The highest BCUT2D eigenvalue weighted by molar-refractivity contribution is 5.75. The number of carbonyl (C=O) groups is 1. The van der Waals surface area contributed by atoms with Gasteiger partial charge in [0.2, 0.25) is 11.7 Å². The van der Waals surface area contributed by atoms with E-state index >= 15 is 0 Å². The molecule has 1 heterocycles. The van der Waals surface area contributed by atoms with Crippen molar-refractivity contribution < 1.29 is 4.79 Å². The fraction of sp³-hybridized carbons (Fsp3) is 0.300. The lowest BCUT2D eigenvalue weighted by atomic mass is 10.1. The molecule has 0 radical (unpaired) electrons. The second-order valence-corrected chi connectivity index (χ2v) is 6.69. The van der Waals surface area contributed by atoms with Crippen LogP contribution in [-0.4, -0.2) is 38.1 Å². The number of hydrogen-bond acceptors (Lipinski definition) is 4. The summed E-state index contributed by atoms with van der Waals surface area (Å²) < 4.78 is 0. The van der Waals surface area contributed by atoms with Gasteiger partial charge in [-0.3, -0.25) is 4.79 Å². The van der Waals surface area contributed by atoms with E-state index in [-0.39, 0.29) is 12.5 Å².